The predicted molar refractivity (Wildman–Crippen MR) is 83.0 cm³/mol. The van der Waals surface area contributed by atoms with Crippen molar-refractivity contribution in [3.05, 3.63) is 69.5 Å². The van der Waals surface area contributed by atoms with E-state index in [0.717, 1.165) is 12.1 Å². The van der Waals surface area contributed by atoms with Crippen molar-refractivity contribution in [2.24, 2.45) is 0 Å². The molecule has 0 spiro atoms. The molecular formula is C16H16Cl2FN. The number of rotatable bonds is 5. The van der Waals surface area contributed by atoms with Crippen molar-refractivity contribution < 1.29 is 4.39 Å². The lowest BCUT2D eigenvalue weighted by Gasteiger charge is -2.19. The van der Waals surface area contributed by atoms with E-state index in [1.807, 2.05) is 25.1 Å². The second-order valence-electron chi connectivity index (χ2n) is 4.61. The Morgan fingerprint density at radius 2 is 1.75 bits per heavy atom. The van der Waals surface area contributed by atoms with E-state index in [-0.39, 0.29) is 11.9 Å². The molecule has 0 bridgehead atoms. The van der Waals surface area contributed by atoms with Crippen molar-refractivity contribution in [3.8, 4) is 0 Å². The Kier molecular flexibility index (Phi) is 5.41. The lowest BCUT2D eigenvalue weighted by atomic mass is 9.98. The third-order valence-electron chi connectivity index (χ3n) is 3.12. The molecule has 0 aliphatic carbocycles. The number of benzene rings is 2. The van der Waals surface area contributed by atoms with E-state index in [2.05, 4.69) is 5.32 Å². The van der Waals surface area contributed by atoms with Crippen LogP contribution in [0, 0.1) is 5.82 Å². The van der Waals surface area contributed by atoms with Crippen LogP contribution in [-0.2, 0) is 6.42 Å². The highest BCUT2D eigenvalue weighted by Crippen LogP contribution is 2.26. The van der Waals surface area contributed by atoms with Crippen molar-refractivity contribution >= 4 is 23.2 Å². The van der Waals surface area contributed by atoms with Crippen molar-refractivity contribution in [2.75, 3.05) is 6.54 Å². The molecule has 1 atom stereocenters. The first-order chi connectivity index (χ1) is 9.60. The molecule has 0 aromatic heterocycles. The van der Waals surface area contributed by atoms with Gasteiger partial charge in [0.05, 0.1) is 0 Å². The molecule has 2 aromatic carbocycles. The molecule has 1 nitrogen and oxygen atoms in total. The third kappa shape index (κ3) is 3.95. The fourth-order valence-electron chi connectivity index (χ4n) is 2.21. The minimum absolute atomic E-state index is 0.0203. The number of hydrogen-bond donors (Lipinski definition) is 1. The Balaban J connectivity index is 2.29. The Hall–Kier alpha value is -1.09. The highest BCUT2D eigenvalue weighted by molar-refractivity contribution is 6.34. The largest absolute Gasteiger partial charge is 0.310 e. The van der Waals surface area contributed by atoms with Crippen molar-refractivity contribution in [2.45, 2.75) is 19.4 Å². The first-order valence-corrected chi connectivity index (χ1v) is 7.28. The van der Waals surface area contributed by atoms with E-state index in [1.165, 1.54) is 6.07 Å². The first-order valence-electron chi connectivity index (χ1n) is 6.53. The summed E-state index contributed by atoms with van der Waals surface area (Å²) in [4.78, 5) is 0. The van der Waals surface area contributed by atoms with Gasteiger partial charge in [0.2, 0.25) is 0 Å². The maximum atomic E-state index is 13.8. The lowest BCUT2D eigenvalue weighted by Crippen LogP contribution is -2.23. The van der Waals surface area contributed by atoms with Crippen LogP contribution in [0.1, 0.15) is 24.1 Å². The smallest absolute Gasteiger partial charge is 0.126 e. The number of likely N-dealkylation sites (N-methyl/N-ethyl adjacent to an activating group) is 1. The minimum Gasteiger partial charge on any atom is -0.310 e. The van der Waals surface area contributed by atoms with Gasteiger partial charge in [0.15, 0.2) is 0 Å². The highest BCUT2D eigenvalue weighted by atomic mass is 35.5. The topological polar surface area (TPSA) is 12.0 Å². The molecule has 0 aliphatic heterocycles. The van der Waals surface area contributed by atoms with Crippen LogP contribution in [0.2, 0.25) is 10.0 Å². The number of halogens is 3. The number of hydrogen-bond acceptors (Lipinski definition) is 1. The second-order valence-corrected chi connectivity index (χ2v) is 5.48. The fraction of sp³-hybridized carbons (Fsp3) is 0.250. The Labute approximate surface area is 128 Å². The van der Waals surface area contributed by atoms with E-state index in [9.17, 15) is 4.39 Å². The molecule has 1 unspecified atom stereocenters. The average molecular weight is 312 g/mol. The Bertz CT molecular complexity index is 566. The lowest BCUT2D eigenvalue weighted by molar-refractivity contribution is 0.528. The van der Waals surface area contributed by atoms with Crippen LogP contribution in [0.5, 0.6) is 0 Å². The molecule has 0 saturated carbocycles. The van der Waals surface area contributed by atoms with E-state index < -0.39 is 0 Å². The summed E-state index contributed by atoms with van der Waals surface area (Å²) in [6.45, 7) is 2.80. The SMILES string of the molecule is CCNC(Cc1ccccc1F)c1cc(Cl)cc(Cl)c1. The summed E-state index contributed by atoms with van der Waals surface area (Å²) < 4.78 is 13.8. The predicted octanol–water partition coefficient (Wildman–Crippen LogP) is 5.03. The molecule has 4 heteroatoms. The molecule has 0 saturated heterocycles. The van der Waals surface area contributed by atoms with Gasteiger partial charge in [0.1, 0.15) is 5.82 Å². The van der Waals surface area contributed by atoms with Crippen LogP contribution in [0.25, 0.3) is 0 Å². The monoisotopic (exact) mass is 311 g/mol. The van der Waals surface area contributed by atoms with Crippen LogP contribution in [0.3, 0.4) is 0 Å². The summed E-state index contributed by atoms with van der Waals surface area (Å²) in [6, 6.07) is 12.2. The first kappa shape index (κ1) is 15.3. The molecule has 0 aliphatic rings. The third-order valence-corrected chi connectivity index (χ3v) is 3.56. The summed E-state index contributed by atoms with van der Waals surface area (Å²) in [5.74, 6) is -0.191. The Morgan fingerprint density at radius 3 is 2.35 bits per heavy atom. The molecular weight excluding hydrogens is 296 g/mol. The molecule has 0 fully saturated rings. The van der Waals surface area contributed by atoms with Crippen LogP contribution < -0.4 is 5.32 Å². The van der Waals surface area contributed by atoms with Crippen LogP contribution in [0.15, 0.2) is 42.5 Å². The van der Waals surface area contributed by atoms with Gasteiger partial charge in [-0.05, 0) is 48.4 Å². The van der Waals surface area contributed by atoms with E-state index in [0.29, 0.717) is 22.0 Å². The van der Waals surface area contributed by atoms with Gasteiger partial charge >= 0.3 is 0 Å². The van der Waals surface area contributed by atoms with Crippen LogP contribution in [0.4, 0.5) is 4.39 Å². The molecule has 0 amide bonds. The molecule has 0 heterocycles. The molecule has 106 valence electrons. The Morgan fingerprint density at radius 1 is 1.10 bits per heavy atom. The number of nitrogens with one attached hydrogen (secondary N) is 1. The standard InChI is InChI=1S/C16H16Cl2FN/c1-2-20-16(9-11-5-3-4-6-15(11)19)12-7-13(17)10-14(18)8-12/h3-8,10,16,20H,2,9H2,1H3. The quantitative estimate of drug-likeness (QED) is 0.817. The molecule has 1 N–H and O–H groups in total. The summed E-state index contributed by atoms with van der Waals surface area (Å²) in [5.41, 5.74) is 1.64. The zero-order chi connectivity index (χ0) is 14.5. The maximum absolute atomic E-state index is 13.8. The molecule has 2 aromatic rings. The van der Waals surface area contributed by atoms with Crippen molar-refractivity contribution in [1.82, 2.24) is 5.32 Å². The van der Waals surface area contributed by atoms with Gasteiger partial charge in [-0.15, -0.1) is 0 Å². The zero-order valence-electron chi connectivity index (χ0n) is 11.2. The van der Waals surface area contributed by atoms with Gasteiger partial charge in [-0.1, -0.05) is 48.3 Å². The van der Waals surface area contributed by atoms with E-state index >= 15 is 0 Å². The summed E-state index contributed by atoms with van der Waals surface area (Å²) in [5, 5.41) is 4.52. The van der Waals surface area contributed by atoms with Crippen LogP contribution >= 0.6 is 23.2 Å². The molecule has 2 rings (SSSR count). The van der Waals surface area contributed by atoms with Gasteiger partial charge in [0, 0.05) is 16.1 Å². The molecule has 0 radical (unpaired) electrons. The minimum atomic E-state index is -0.191. The normalized spacial score (nSPS) is 12.4. The zero-order valence-corrected chi connectivity index (χ0v) is 12.7. The summed E-state index contributed by atoms with van der Waals surface area (Å²) in [7, 11) is 0. The second kappa shape index (κ2) is 7.07. The van der Waals surface area contributed by atoms with Gasteiger partial charge in [-0.2, -0.15) is 0 Å². The summed E-state index contributed by atoms with van der Waals surface area (Å²) in [6.07, 6.45) is 0.553. The van der Waals surface area contributed by atoms with Gasteiger partial charge in [-0.25, -0.2) is 4.39 Å². The van der Waals surface area contributed by atoms with Crippen molar-refractivity contribution in [1.29, 1.82) is 0 Å². The van der Waals surface area contributed by atoms with Gasteiger partial charge < -0.3 is 5.32 Å². The highest BCUT2D eigenvalue weighted by Gasteiger charge is 2.14. The van der Waals surface area contributed by atoms with Gasteiger partial charge in [-0.3, -0.25) is 0 Å². The van der Waals surface area contributed by atoms with E-state index in [4.69, 9.17) is 23.2 Å². The van der Waals surface area contributed by atoms with Crippen LogP contribution in [-0.4, -0.2) is 6.54 Å². The average Bonchev–Trinajstić information content (AvgIpc) is 2.39. The fourth-order valence-corrected chi connectivity index (χ4v) is 2.76. The maximum Gasteiger partial charge on any atom is 0.126 e. The van der Waals surface area contributed by atoms with Crippen molar-refractivity contribution in [3.63, 3.8) is 0 Å². The van der Waals surface area contributed by atoms with E-state index in [1.54, 1.807) is 18.2 Å². The summed E-state index contributed by atoms with van der Waals surface area (Å²) >= 11 is 12.1. The molecule has 20 heavy (non-hydrogen) atoms. The van der Waals surface area contributed by atoms with Gasteiger partial charge in [0.25, 0.3) is 0 Å².